The molecule has 1 aromatic heterocycles. The van der Waals surface area contributed by atoms with E-state index < -0.39 is 12.0 Å². The number of nitrogens with zero attached hydrogens (tertiary/aromatic N) is 4. The van der Waals surface area contributed by atoms with E-state index in [9.17, 15) is 9.90 Å². The summed E-state index contributed by atoms with van der Waals surface area (Å²) in [6.45, 7) is 1.44. The molecular formula is C17H15N4O3-. The third-order valence-electron chi connectivity index (χ3n) is 3.68. The van der Waals surface area contributed by atoms with E-state index >= 15 is 0 Å². The number of carbonyl (C=O) groups excluding carboxylic acids is 1. The van der Waals surface area contributed by atoms with Gasteiger partial charge >= 0.3 is 0 Å². The molecule has 0 aliphatic carbocycles. The molecule has 0 spiro atoms. The summed E-state index contributed by atoms with van der Waals surface area (Å²) in [4.78, 5) is 11.9. The molecule has 0 bridgehead atoms. The quantitative estimate of drug-likeness (QED) is 0.703. The molecule has 2 aromatic carbocycles. The SMILES string of the molecule is COc1ccc(-c2ccc(-c3nnn([C@H](C)C(=O)[O-])n3)cc2)cc1. The number of hydrogen-bond acceptors (Lipinski definition) is 6. The first kappa shape index (κ1) is 15.7. The van der Waals surface area contributed by atoms with E-state index in [4.69, 9.17) is 4.74 Å². The van der Waals surface area contributed by atoms with Crippen molar-refractivity contribution in [1.29, 1.82) is 0 Å². The second-order valence-electron chi connectivity index (χ2n) is 5.23. The fraction of sp³-hybridized carbons (Fsp3) is 0.176. The molecule has 0 amide bonds. The van der Waals surface area contributed by atoms with Gasteiger partial charge in [-0.25, -0.2) is 0 Å². The lowest BCUT2D eigenvalue weighted by molar-refractivity contribution is -0.310. The van der Waals surface area contributed by atoms with Crippen LogP contribution in [0, 0.1) is 0 Å². The van der Waals surface area contributed by atoms with E-state index in [-0.39, 0.29) is 0 Å². The highest BCUT2D eigenvalue weighted by Gasteiger charge is 2.12. The van der Waals surface area contributed by atoms with Gasteiger partial charge in [0.2, 0.25) is 5.82 Å². The highest BCUT2D eigenvalue weighted by atomic mass is 16.5. The van der Waals surface area contributed by atoms with Crippen molar-refractivity contribution >= 4 is 5.97 Å². The number of aromatic nitrogens is 4. The highest BCUT2D eigenvalue weighted by molar-refractivity contribution is 5.69. The smallest absolute Gasteiger partial charge is 0.204 e. The first-order chi connectivity index (χ1) is 11.6. The molecule has 0 N–H and O–H groups in total. The number of methoxy groups -OCH3 is 1. The Bertz CT molecular complexity index is 841. The summed E-state index contributed by atoms with van der Waals surface area (Å²) in [5.74, 6) is -0.0867. The summed E-state index contributed by atoms with van der Waals surface area (Å²) in [5.41, 5.74) is 2.85. The van der Waals surface area contributed by atoms with Gasteiger partial charge < -0.3 is 14.6 Å². The Kier molecular flexibility index (Phi) is 4.24. The molecule has 1 atom stereocenters. The maximum atomic E-state index is 10.8. The van der Waals surface area contributed by atoms with Crippen LogP contribution in [0.1, 0.15) is 13.0 Å². The number of benzene rings is 2. The number of tetrazole rings is 1. The minimum atomic E-state index is -1.26. The predicted molar refractivity (Wildman–Crippen MR) is 85.0 cm³/mol. The van der Waals surface area contributed by atoms with Crippen LogP contribution in [0.2, 0.25) is 0 Å². The summed E-state index contributed by atoms with van der Waals surface area (Å²) < 4.78 is 5.15. The van der Waals surface area contributed by atoms with E-state index in [1.807, 2.05) is 48.5 Å². The van der Waals surface area contributed by atoms with Crippen LogP contribution in [0.3, 0.4) is 0 Å². The van der Waals surface area contributed by atoms with Crippen molar-refractivity contribution in [2.24, 2.45) is 0 Å². The second-order valence-corrected chi connectivity index (χ2v) is 5.23. The average Bonchev–Trinajstić information content (AvgIpc) is 3.11. The molecule has 0 saturated heterocycles. The van der Waals surface area contributed by atoms with Gasteiger partial charge in [-0.3, -0.25) is 0 Å². The Morgan fingerprint density at radius 3 is 2.12 bits per heavy atom. The molecule has 0 aliphatic heterocycles. The summed E-state index contributed by atoms with van der Waals surface area (Å²) >= 11 is 0. The lowest BCUT2D eigenvalue weighted by atomic mass is 10.0. The molecular weight excluding hydrogens is 308 g/mol. The summed E-state index contributed by atoms with van der Waals surface area (Å²) in [5, 5.41) is 22.6. The van der Waals surface area contributed by atoms with Crippen molar-refractivity contribution in [2.75, 3.05) is 7.11 Å². The van der Waals surface area contributed by atoms with Crippen LogP contribution in [-0.2, 0) is 4.79 Å². The van der Waals surface area contributed by atoms with Crippen LogP contribution < -0.4 is 9.84 Å². The molecule has 7 heteroatoms. The molecule has 3 rings (SSSR count). The van der Waals surface area contributed by atoms with Gasteiger partial charge in [-0.05, 0) is 35.4 Å². The number of carboxylic acid groups (broad SMARTS) is 1. The highest BCUT2D eigenvalue weighted by Crippen LogP contribution is 2.24. The van der Waals surface area contributed by atoms with Crippen LogP contribution in [0.15, 0.2) is 48.5 Å². The monoisotopic (exact) mass is 323 g/mol. The third kappa shape index (κ3) is 3.10. The van der Waals surface area contributed by atoms with Crippen molar-refractivity contribution in [1.82, 2.24) is 20.2 Å². The summed E-state index contributed by atoms with van der Waals surface area (Å²) in [6, 6.07) is 14.4. The minimum absolute atomic E-state index is 0.365. The maximum absolute atomic E-state index is 10.8. The summed E-state index contributed by atoms with van der Waals surface area (Å²) in [6.07, 6.45) is 0. The Morgan fingerprint density at radius 2 is 1.58 bits per heavy atom. The number of aliphatic carboxylic acids is 1. The lowest BCUT2D eigenvalue weighted by Gasteiger charge is -2.09. The topological polar surface area (TPSA) is 93.0 Å². The van der Waals surface area contributed by atoms with Crippen molar-refractivity contribution in [2.45, 2.75) is 13.0 Å². The van der Waals surface area contributed by atoms with E-state index in [1.165, 1.54) is 6.92 Å². The van der Waals surface area contributed by atoms with Crippen LogP contribution in [0.4, 0.5) is 0 Å². The summed E-state index contributed by atoms with van der Waals surface area (Å²) in [7, 11) is 1.63. The Balaban J connectivity index is 1.82. The first-order valence-corrected chi connectivity index (χ1v) is 7.33. The standard InChI is InChI=1S/C17H16N4O3/c1-11(17(22)23)21-19-16(18-20-21)14-5-3-12(4-6-14)13-7-9-15(24-2)10-8-13/h3-11H,1-2H3,(H,22,23)/p-1/t11-/m1/s1. The zero-order valence-corrected chi connectivity index (χ0v) is 13.2. The molecule has 0 unspecified atom stereocenters. The average molecular weight is 323 g/mol. The number of rotatable bonds is 5. The number of ether oxygens (including phenoxy) is 1. The Labute approximate surface area is 138 Å². The van der Waals surface area contributed by atoms with Gasteiger partial charge in [0.15, 0.2) is 0 Å². The van der Waals surface area contributed by atoms with Gasteiger partial charge in [-0.15, -0.1) is 10.2 Å². The molecule has 3 aromatic rings. The Hall–Kier alpha value is -3.22. The van der Waals surface area contributed by atoms with Crippen LogP contribution >= 0.6 is 0 Å². The first-order valence-electron chi connectivity index (χ1n) is 7.33. The molecule has 0 aliphatic rings. The van der Waals surface area contributed by atoms with E-state index in [1.54, 1.807) is 7.11 Å². The zero-order valence-electron chi connectivity index (χ0n) is 13.2. The molecule has 0 saturated carbocycles. The van der Waals surface area contributed by atoms with E-state index in [2.05, 4.69) is 15.4 Å². The van der Waals surface area contributed by atoms with Gasteiger partial charge in [-0.2, -0.15) is 4.80 Å². The third-order valence-corrected chi connectivity index (χ3v) is 3.68. The molecule has 7 nitrogen and oxygen atoms in total. The zero-order chi connectivity index (χ0) is 17.1. The van der Waals surface area contributed by atoms with Crippen LogP contribution in [0.25, 0.3) is 22.5 Å². The van der Waals surface area contributed by atoms with Gasteiger partial charge in [0, 0.05) is 5.56 Å². The van der Waals surface area contributed by atoms with Crippen molar-refractivity contribution in [3.05, 3.63) is 48.5 Å². The second kappa shape index (κ2) is 6.49. The van der Waals surface area contributed by atoms with Gasteiger partial charge in [0.1, 0.15) is 11.8 Å². The van der Waals surface area contributed by atoms with Crippen LogP contribution in [-0.4, -0.2) is 33.3 Å². The Morgan fingerprint density at radius 1 is 1.04 bits per heavy atom. The largest absolute Gasteiger partial charge is 0.548 e. The molecule has 122 valence electrons. The fourth-order valence-electron chi connectivity index (χ4n) is 2.19. The predicted octanol–water partition coefficient (Wildman–Crippen LogP) is 1.33. The molecule has 1 heterocycles. The van der Waals surface area contributed by atoms with E-state index in [0.29, 0.717) is 5.82 Å². The molecule has 0 fully saturated rings. The number of carbonyl (C=O) groups is 1. The van der Waals surface area contributed by atoms with Gasteiger partial charge in [0.05, 0.1) is 13.1 Å². The normalized spacial score (nSPS) is 11.9. The lowest BCUT2D eigenvalue weighted by Crippen LogP contribution is -2.32. The fourth-order valence-corrected chi connectivity index (χ4v) is 2.19. The number of carboxylic acids is 1. The van der Waals surface area contributed by atoms with Crippen molar-refractivity contribution in [3.63, 3.8) is 0 Å². The minimum Gasteiger partial charge on any atom is -0.548 e. The van der Waals surface area contributed by atoms with Crippen molar-refractivity contribution < 1.29 is 14.6 Å². The van der Waals surface area contributed by atoms with Crippen molar-refractivity contribution in [3.8, 4) is 28.3 Å². The van der Waals surface area contributed by atoms with E-state index in [0.717, 1.165) is 27.2 Å². The van der Waals surface area contributed by atoms with Gasteiger partial charge in [0.25, 0.3) is 0 Å². The van der Waals surface area contributed by atoms with Crippen LogP contribution in [0.5, 0.6) is 5.75 Å². The maximum Gasteiger partial charge on any atom is 0.204 e. The van der Waals surface area contributed by atoms with Gasteiger partial charge in [-0.1, -0.05) is 36.4 Å². The molecule has 24 heavy (non-hydrogen) atoms. The number of hydrogen-bond donors (Lipinski definition) is 0. The molecule has 0 radical (unpaired) electrons.